The fourth-order valence-corrected chi connectivity index (χ4v) is 2.45. The summed E-state index contributed by atoms with van der Waals surface area (Å²) in [5.41, 5.74) is 1.39. The van der Waals surface area contributed by atoms with Crippen molar-refractivity contribution < 1.29 is 19.1 Å². The van der Waals surface area contributed by atoms with E-state index in [9.17, 15) is 14.4 Å². The lowest BCUT2D eigenvalue weighted by atomic mass is 9.93. The number of carbonyl (C=O) groups excluding carboxylic acids is 3. The van der Waals surface area contributed by atoms with Crippen LogP contribution >= 0.6 is 0 Å². The molecule has 1 aliphatic heterocycles. The molecular weight excluding hydrogens is 246 g/mol. The van der Waals surface area contributed by atoms with Crippen LogP contribution in [0.3, 0.4) is 0 Å². The minimum atomic E-state index is -0.489. The number of amides is 2. The minimum Gasteiger partial charge on any atom is -0.462 e. The van der Waals surface area contributed by atoms with Crippen molar-refractivity contribution >= 4 is 17.8 Å². The predicted molar refractivity (Wildman–Crippen MR) is 68.0 cm³/mol. The van der Waals surface area contributed by atoms with Crippen LogP contribution in [0.2, 0.25) is 0 Å². The first-order valence-electron chi connectivity index (χ1n) is 6.52. The summed E-state index contributed by atoms with van der Waals surface area (Å²) >= 11 is 0. The Morgan fingerprint density at radius 3 is 2.32 bits per heavy atom. The van der Waals surface area contributed by atoms with Gasteiger partial charge in [0.2, 0.25) is 0 Å². The first kappa shape index (κ1) is 13.5. The van der Waals surface area contributed by atoms with Crippen molar-refractivity contribution in [3.8, 4) is 0 Å². The highest BCUT2D eigenvalue weighted by Gasteiger charge is 2.38. The molecule has 0 saturated carbocycles. The van der Waals surface area contributed by atoms with Crippen molar-refractivity contribution in [1.29, 1.82) is 0 Å². The van der Waals surface area contributed by atoms with Gasteiger partial charge in [0, 0.05) is 23.8 Å². The molecule has 0 radical (unpaired) electrons. The summed E-state index contributed by atoms with van der Waals surface area (Å²) in [6, 6.07) is 0. The zero-order valence-corrected chi connectivity index (χ0v) is 10.8. The smallest absolute Gasteiger partial charge is 0.330 e. The average Bonchev–Trinajstić information content (AvgIpc) is 2.68. The van der Waals surface area contributed by atoms with Crippen molar-refractivity contribution in [3.63, 3.8) is 0 Å². The summed E-state index contributed by atoms with van der Waals surface area (Å²) < 4.78 is 4.82. The van der Waals surface area contributed by atoms with Gasteiger partial charge >= 0.3 is 5.97 Å². The Hall–Kier alpha value is -1.91. The van der Waals surface area contributed by atoms with Crippen LogP contribution in [0.15, 0.2) is 23.8 Å². The van der Waals surface area contributed by atoms with E-state index in [1.54, 1.807) is 0 Å². The van der Waals surface area contributed by atoms with Gasteiger partial charge in [-0.15, -0.1) is 0 Å². The molecule has 0 unspecified atom stereocenters. The van der Waals surface area contributed by atoms with Gasteiger partial charge in [-0.05, 0) is 32.1 Å². The summed E-state index contributed by atoms with van der Waals surface area (Å²) in [5, 5.41) is 0. The normalized spacial score (nSPS) is 18.6. The molecule has 102 valence electrons. The van der Waals surface area contributed by atoms with Crippen LogP contribution in [0.1, 0.15) is 32.1 Å². The lowest BCUT2D eigenvalue weighted by molar-refractivity contribution is -0.138. The van der Waals surface area contributed by atoms with Crippen molar-refractivity contribution in [2.24, 2.45) is 0 Å². The van der Waals surface area contributed by atoms with Gasteiger partial charge in [-0.25, -0.2) is 4.79 Å². The molecule has 0 saturated heterocycles. The first-order valence-corrected chi connectivity index (χ1v) is 6.52. The molecule has 0 fully saturated rings. The van der Waals surface area contributed by atoms with Crippen molar-refractivity contribution in [2.75, 3.05) is 13.2 Å². The van der Waals surface area contributed by atoms with E-state index in [0.29, 0.717) is 37.0 Å². The largest absolute Gasteiger partial charge is 0.462 e. The third-order valence-corrected chi connectivity index (χ3v) is 3.41. The molecule has 2 amide bonds. The molecule has 5 heteroatoms. The third kappa shape index (κ3) is 2.75. The van der Waals surface area contributed by atoms with Crippen molar-refractivity contribution in [3.05, 3.63) is 23.8 Å². The minimum absolute atomic E-state index is 0.158. The molecule has 0 bridgehead atoms. The van der Waals surface area contributed by atoms with E-state index in [1.165, 1.54) is 4.90 Å². The van der Waals surface area contributed by atoms with Gasteiger partial charge in [0.15, 0.2) is 0 Å². The van der Waals surface area contributed by atoms with Crippen LogP contribution in [0, 0.1) is 0 Å². The third-order valence-electron chi connectivity index (χ3n) is 3.41. The molecular formula is C14H17NO4. The number of nitrogens with zero attached hydrogens (tertiary/aromatic N) is 1. The highest BCUT2D eigenvalue weighted by molar-refractivity contribution is 6.19. The maximum atomic E-state index is 12.1. The Kier molecular flexibility index (Phi) is 4.14. The van der Waals surface area contributed by atoms with Crippen LogP contribution in [0.5, 0.6) is 0 Å². The first-order chi connectivity index (χ1) is 9.15. The summed E-state index contributed by atoms with van der Waals surface area (Å²) in [6.45, 7) is 3.78. The summed E-state index contributed by atoms with van der Waals surface area (Å²) in [6.07, 6.45) is 4.92. The molecule has 0 N–H and O–H groups in total. The number of ether oxygens (including phenoxy) is 1. The molecule has 0 spiro atoms. The molecule has 0 atom stereocenters. The molecule has 0 aromatic carbocycles. The fourth-order valence-electron chi connectivity index (χ4n) is 2.45. The predicted octanol–water partition coefficient (Wildman–Crippen LogP) is 1.35. The Labute approximate surface area is 111 Å². The number of carbonyl (C=O) groups is 3. The standard InChI is InChI=1S/C14H17NO4/c1-2-12(16)19-9-5-8-15-13(17)10-6-3-4-7-11(10)14(15)18/h2H,1,3-9H2. The summed E-state index contributed by atoms with van der Waals surface area (Å²) in [7, 11) is 0. The fraction of sp³-hybridized carbons (Fsp3) is 0.500. The molecule has 1 aliphatic carbocycles. The van der Waals surface area contributed by atoms with Gasteiger partial charge < -0.3 is 4.74 Å². The Bertz CT molecular complexity index is 436. The second kappa shape index (κ2) is 5.82. The Balaban J connectivity index is 1.86. The van der Waals surface area contributed by atoms with Gasteiger partial charge in [0.05, 0.1) is 6.61 Å². The van der Waals surface area contributed by atoms with E-state index >= 15 is 0 Å². The topological polar surface area (TPSA) is 63.7 Å². The molecule has 0 aromatic heterocycles. The number of hydrogen-bond donors (Lipinski definition) is 0. The quantitative estimate of drug-likeness (QED) is 0.325. The second-order valence-electron chi connectivity index (χ2n) is 4.65. The van der Waals surface area contributed by atoms with Crippen LogP contribution < -0.4 is 0 Å². The van der Waals surface area contributed by atoms with Crippen LogP contribution in [-0.2, 0) is 19.1 Å². The summed E-state index contributed by atoms with van der Waals surface area (Å²) in [5.74, 6) is -0.805. The highest BCUT2D eigenvalue weighted by Crippen LogP contribution is 2.32. The molecule has 2 aliphatic rings. The van der Waals surface area contributed by atoms with Crippen LogP contribution in [0.25, 0.3) is 0 Å². The van der Waals surface area contributed by atoms with Crippen molar-refractivity contribution in [1.82, 2.24) is 4.90 Å². The maximum Gasteiger partial charge on any atom is 0.330 e. The maximum absolute atomic E-state index is 12.1. The zero-order chi connectivity index (χ0) is 13.8. The zero-order valence-electron chi connectivity index (χ0n) is 10.8. The van der Waals surface area contributed by atoms with E-state index in [0.717, 1.165) is 18.9 Å². The second-order valence-corrected chi connectivity index (χ2v) is 4.65. The molecule has 1 heterocycles. The van der Waals surface area contributed by atoms with Gasteiger partial charge in [-0.3, -0.25) is 14.5 Å². The molecule has 19 heavy (non-hydrogen) atoms. The molecule has 2 rings (SSSR count). The monoisotopic (exact) mass is 263 g/mol. The van der Waals surface area contributed by atoms with Crippen LogP contribution in [-0.4, -0.2) is 35.8 Å². The van der Waals surface area contributed by atoms with Gasteiger partial charge in [0.25, 0.3) is 11.8 Å². The van der Waals surface area contributed by atoms with Gasteiger partial charge in [-0.2, -0.15) is 0 Å². The van der Waals surface area contributed by atoms with E-state index in [-0.39, 0.29) is 18.4 Å². The number of esters is 1. The highest BCUT2D eigenvalue weighted by atomic mass is 16.5. The number of hydrogen-bond acceptors (Lipinski definition) is 4. The molecule has 5 nitrogen and oxygen atoms in total. The lowest BCUT2D eigenvalue weighted by Gasteiger charge is -2.14. The average molecular weight is 263 g/mol. The molecule has 0 aromatic rings. The van der Waals surface area contributed by atoms with Crippen LogP contribution in [0.4, 0.5) is 0 Å². The van der Waals surface area contributed by atoms with Gasteiger partial charge in [0.1, 0.15) is 0 Å². The lowest BCUT2D eigenvalue weighted by Crippen LogP contribution is -2.33. The SMILES string of the molecule is C=CC(=O)OCCCN1C(=O)C2=C(CCCC2)C1=O. The Morgan fingerprint density at radius 2 is 1.79 bits per heavy atom. The van der Waals surface area contributed by atoms with Crippen molar-refractivity contribution in [2.45, 2.75) is 32.1 Å². The Morgan fingerprint density at radius 1 is 1.21 bits per heavy atom. The number of imide groups is 1. The summed E-state index contributed by atoms with van der Waals surface area (Å²) in [4.78, 5) is 36.2. The van der Waals surface area contributed by atoms with Gasteiger partial charge in [-0.1, -0.05) is 6.58 Å². The van der Waals surface area contributed by atoms with E-state index < -0.39 is 5.97 Å². The number of rotatable bonds is 5. The van der Waals surface area contributed by atoms with E-state index in [2.05, 4.69) is 6.58 Å². The van der Waals surface area contributed by atoms with E-state index in [1.807, 2.05) is 0 Å². The van der Waals surface area contributed by atoms with E-state index in [4.69, 9.17) is 4.74 Å².